The summed E-state index contributed by atoms with van der Waals surface area (Å²) in [5.74, 6) is 0. The van der Waals surface area contributed by atoms with Gasteiger partial charge >= 0.3 is 0 Å². The number of carbonyl (C=O) groups excluding carboxylic acids is 1. The summed E-state index contributed by atoms with van der Waals surface area (Å²) in [6.45, 7) is 3.07. The van der Waals surface area contributed by atoms with Crippen molar-refractivity contribution in [3.63, 3.8) is 0 Å². The number of nitrogens with zero attached hydrogens (tertiary/aromatic N) is 1. The molecule has 1 unspecified atom stereocenters. The van der Waals surface area contributed by atoms with Gasteiger partial charge in [0.15, 0.2) is 6.29 Å². The molecule has 1 aromatic heterocycles. The average molecular weight is 292 g/mol. The number of anilines is 1. The fourth-order valence-electron chi connectivity index (χ4n) is 2.75. The number of carbonyl (C=O) groups is 1. The predicted octanol–water partition coefficient (Wildman–Crippen LogP) is 4.34. The number of benzene rings is 1. The van der Waals surface area contributed by atoms with Crippen molar-refractivity contribution < 1.29 is 4.79 Å². The number of halogens is 1. The van der Waals surface area contributed by atoms with Crippen LogP contribution < -0.4 is 4.90 Å². The van der Waals surface area contributed by atoms with E-state index in [0.717, 1.165) is 24.9 Å². The molecule has 1 aromatic carbocycles. The maximum absolute atomic E-state index is 11.2. The van der Waals surface area contributed by atoms with E-state index in [2.05, 4.69) is 23.3 Å². The summed E-state index contributed by atoms with van der Waals surface area (Å²) in [5, 5.41) is 2.79. The van der Waals surface area contributed by atoms with E-state index in [9.17, 15) is 4.79 Å². The molecule has 0 fully saturated rings. The van der Waals surface area contributed by atoms with Crippen molar-refractivity contribution in [1.29, 1.82) is 0 Å². The van der Waals surface area contributed by atoms with Gasteiger partial charge in [0.2, 0.25) is 0 Å². The Morgan fingerprint density at radius 1 is 1.42 bits per heavy atom. The van der Waals surface area contributed by atoms with E-state index >= 15 is 0 Å². The van der Waals surface area contributed by atoms with Crippen LogP contribution in [0.2, 0.25) is 5.02 Å². The van der Waals surface area contributed by atoms with Crippen LogP contribution in [0.1, 0.15) is 33.8 Å². The Bertz CT molecular complexity index is 622. The van der Waals surface area contributed by atoms with E-state index in [1.54, 1.807) is 0 Å². The van der Waals surface area contributed by atoms with Crippen LogP contribution in [0.5, 0.6) is 0 Å². The summed E-state index contributed by atoms with van der Waals surface area (Å²) >= 11 is 8.12. The summed E-state index contributed by atoms with van der Waals surface area (Å²) in [5.41, 5.74) is 2.88. The lowest BCUT2D eigenvalue weighted by atomic mass is 9.99. The van der Waals surface area contributed by atoms with Crippen LogP contribution in [0.15, 0.2) is 29.6 Å². The minimum absolute atomic E-state index is 0.258. The summed E-state index contributed by atoms with van der Waals surface area (Å²) in [6.07, 6.45) is 1.90. The quantitative estimate of drug-likeness (QED) is 0.767. The highest BCUT2D eigenvalue weighted by Crippen LogP contribution is 2.40. The van der Waals surface area contributed by atoms with E-state index < -0.39 is 0 Å². The van der Waals surface area contributed by atoms with Crippen molar-refractivity contribution in [2.45, 2.75) is 19.4 Å². The smallest absolute Gasteiger partial charge is 0.152 e. The Morgan fingerprint density at radius 2 is 2.26 bits per heavy atom. The predicted molar refractivity (Wildman–Crippen MR) is 80.6 cm³/mol. The lowest BCUT2D eigenvalue weighted by molar-refractivity contribution is 0.112. The molecule has 0 saturated heterocycles. The van der Waals surface area contributed by atoms with Gasteiger partial charge in [0, 0.05) is 17.0 Å². The van der Waals surface area contributed by atoms with Crippen LogP contribution in [0.25, 0.3) is 0 Å². The van der Waals surface area contributed by atoms with Crippen molar-refractivity contribution in [3.8, 4) is 0 Å². The van der Waals surface area contributed by atoms with E-state index in [0.29, 0.717) is 10.6 Å². The van der Waals surface area contributed by atoms with Crippen LogP contribution >= 0.6 is 22.9 Å². The molecule has 2 heterocycles. The zero-order chi connectivity index (χ0) is 13.4. The lowest BCUT2D eigenvalue weighted by Crippen LogP contribution is -2.34. The summed E-state index contributed by atoms with van der Waals surface area (Å²) in [4.78, 5) is 14.9. The molecule has 2 aromatic rings. The number of para-hydroxylation sites is 1. The Hall–Kier alpha value is -1.32. The van der Waals surface area contributed by atoms with Gasteiger partial charge in [-0.1, -0.05) is 17.7 Å². The second-order valence-corrected chi connectivity index (χ2v) is 6.12. The van der Waals surface area contributed by atoms with Crippen LogP contribution in [0, 0.1) is 0 Å². The van der Waals surface area contributed by atoms with Crippen LogP contribution in [0.4, 0.5) is 5.69 Å². The molecule has 2 nitrogen and oxygen atoms in total. The first-order valence-electron chi connectivity index (χ1n) is 6.29. The molecule has 1 aliphatic rings. The third-order valence-corrected chi connectivity index (χ3v) is 5.01. The molecule has 0 bridgehead atoms. The Morgan fingerprint density at radius 3 is 3.05 bits per heavy atom. The van der Waals surface area contributed by atoms with E-state index in [1.165, 1.54) is 10.4 Å². The minimum Gasteiger partial charge on any atom is -0.363 e. The number of aldehydes is 1. The van der Waals surface area contributed by atoms with Crippen molar-refractivity contribution in [2.24, 2.45) is 0 Å². The molecule has 0 spiro atoms. The fourth-order valence-corrected chi connectivity index (χ4v) is 4.00. The highest BCUT2D eigenvalue weighted by molar-refractivity contribution is 7.10. The van der Waals surface area contributed by atoms with Gasteiger partial charge in [-0.15, -0.1) is 11.3 Å². The van der Waals surface area contributed by atoms with Crippen LogP contribution in [-0.2, 0) is 6.42 Å². The lowest BCUT2D eigenvalue weighted by Gasteiger charge is -2.36. The Balaban J connectivity index is 2.07. The third-order valence-electron chi connectivity index (χ3n) is 3.71. The average Bonchev–Trinajstić information content (AvgIpc) is 2.89. The largest absolute Gasteiger partial charge is 0.363 e. The number of fused-ring (bicyclic) bond motifs is 1. The molecule has 19 heavy (non-hydrogen) atoms. The van der Waals surface area contributed by atoms with E-state index in [1.807, 2.05) is 29.5 Å². The fraction of sp³-hybridized carbons (Fsp3) is 0.267. The van der Waals surface area contributed by atoms with Crippen molar-refractivity contribution in [1.82, 2.24) is 0 Å². The number of hydrogen-bond acceptors (Lipinski definition) is 3. The highest BCUT2D eigenvalue weighted by Gasteiger charge is 2.27. The molecular formula is C15H14ClNOS. The zero-order valence-corrected chi connectivity index (χ0v) is 12.2. The molecule has 4 heteroatoms. The molecule has 1 aliphatic heterocycles. The van der Waals surface area contributed by atoms with Gasteiger partial charge < -0.3 is 4.90 Å². The Labute approximate surface area is 121 Å². The second-order valence-electron chi connectivity index (χ2n) is 4.71. The van der Waals surface area contributed by atoms with Gasteiger partial charge in [-0.25, -0.2) is 0 Å². The van der Waals surface area contributed by atoms with Crippen LogP contribution in [-0.4, -0.2) is 12.8 Å². The molecular weight excluding hydrogens is 278 g/mol. The number of thiophene rings is 1. The van der Waals surface area contributed by atoms with Gasteiger partial charge in [0.05, 0.1) is 16.8 Å². The monoisotopic (exact) mass is 291 g/mol. The van der Waals surface area contributed by atoms with Crippen molar-refractivity contribution >= 4 is 34.9 Å². The van der Waals surface area contributed by atoms with Gasteiger partial charge in [0.25, 0.3) is 0 Å². The van der Waals surface area contributed by atoms with Gasteiger partial charge in [0.1, 0.15) is 0 Å². The standard InChI is InChI=1S/C15H14ClNOS/c1-10-12-6-8-19-14(12)5-7-17(10)15-11(9-18)3-2-4-13(15)16/h2-4,6,8-10H,5,7H2,1H3. The van der Waals surface area contributed by atoms with Gasteiger partial charge in [-0.3, -0.25) is 4.79 Å². The normalized spacial score (nSPS) is 18.2. The molecule has 0 aliphatic carbocycles. The SMILES string of the molecule is CC1c2ccsc2CCN1c1c(Cl)cccc1C=O. The first-order chi connectivity index (χ1) is 9.22. The molecule has 0 N–H and O–H groups in total. The molecule has 98 valence electrons. The van der Waals surface area contributed by atoms with Crippen molar-refractivity contribution in [2.75, 3.05) is 11.4 Å². The van der Waals surface area contributed by atoms with Gasteiger partial charge in [-0.05, 0) is 42.5 Å². The summed E-state index contributed by atoms with van der Waals surface area (Å²) in [7, 11) is 0. The number of rotatable bonds is 2. The van der Waals surface area contributed by atoms with Crippen molar-refractivity contribution in [3.05, 3.63) is 50.7 Å². The zero-order valence-electron chi connectivity index (χ0n) is 10.6. The topological polar surface area (TPSA) is 20.3 Å². The van der Waals surface area contributed by atoms with Crippen LogP contribution in [0.3, 0.4) is 0 Å². The maximum Gasteiger partial charge on any atom is 0.152 e. The number of hydrogen-bond donors (Lipinski definition) is 0. The first-order valence-corrected chi connectivity index (χ1v) is 7.54. The van der Waals surface area contributed by atoms with E-state index in [-0.39, 0.29) is 6.04 Å². The molecule has 0 saturated carbocycles. The molecule has 0 radical (unpaired) electrons. The molecule has 0 amide bonds. The highest BCUT2D eigenvalue weighted by atomic mass is 35.5. The first kappa shape index (κ1) is 12.7. The third kappa shape index (κ3) is 2.07. The summed E-state index contributed by atoms with van der Waals surface area (Å²) < 4.78 is 0. The maximum atomic E-state index is 11.2. The minimum atomic E-state index is 0.258. The summed E-state index contributed by atoms with van der Waals surface area (Å²) in [6, 6.07) is 7.92. The Kier molecular flexibility index (Phi) is 3.33. The molecule has 1 atom stereocenters. The van der Waals surface area contributed by atoms with Gasteiger partial charge in [-0.2, -0.15) is 0 Å². The second kappa shape index (κ2) is 4.99. The molecule has 3 rings (SSSR count). The van der Waals surface area contributed by atoms with E-state index in [4.69, 9.17) is 11.6 Å².